The molecule has 0 atom stereocenters. The Balaban J connectivity index is 2.37. The predicted molar refractivity (Wildman–Crippen MR) is 72.3 cm³/mol. The summed E-state index contributed by atoms with van der Waals surface area (Å²) in [5.74, 6) is 1.01. The summed E-state index contributed by atoms with van der Waals surface area (Å²) in [7, 11) is 0.242. The molecule has 0 radical (unpaired) electrons. The molecule has 0 saturated heterocycles. The van der Waals surface area contributed by atoms with Crippen molar-refractivity contribution in [2.45, 2.75) is 39.0 Å². The van der Waals surface area contributed by atoms with Gasteiger partial charge in [0.1, 0.15) is 5.75 Å². The van der Waals surface area contributed by atoms with Crippen molar-refractivity contribution in [3.8, 4) is 5.75 Å². The molecular weight excluding hydrogens is 231 g/mol. The zero-order valence-corrected chi connectivity index (χ0v) is 11.4. The molecule has 1 aromatic rings. The van der Waals surface area contributed by atoms with Gasteiger partial charge in [0.2, 0.25) is 0 Å². The lowest BCUT2D eigenvalue weighted by Gasteiger charge is -2.10. The Morgan fingerprint density at radius 2 is 2.00 bits per heavy atom. The van der Waals surface area contributed by atoms with Gasteiger partial charge in [-0.1, -0.05) is 31.5 Å². The number of unbranched alkanes of at least 4 members (excludes halogenated alkanes) is 2. The number of hydrogen-bond acceptors (Lipinski definition) is 2. The van der Waals surface area contributed by atoms with E-state index in [1.54, 1.807) is 0 Å². The summed E-state index contributed by atoms with van der Waals surface area (Å²) in [4.78, 5) is 0. The first kappa shape index (κ1) is 14.2. The molecule has 94 valence electrons. The van der Waals surface area contributed by atoms with Gasteiger partial charge in [0.25, 0.3) is 0 Å². The maximum Gasteiger partial charge on any atom is 0.155 e. The van der Waals surface area contributed by atoms with E-state index in [0.29, 0.717) is 0 Å². The highest BCUT2D eigenvalue weighted by molar-refractivity contribution is 7.23. The van der Waals surface area contributed by atoms with E-state index in [2.05, 4.69) is 19.1 Å². The minimum absolute atomic E-state index is 0.242. The van der Waals surface area contributed by atoms with Crippen molar-refractivity contribution in [3.05, 3.63) is 29.8 Å². The molecule has 1 aromatic carbocycles. The molecule has 0 amide bonds. The van der Waals surface area contributed by atoms with Crippen molar-refractivity contribution in [3.63, 3.8) is 0 Å². The molecule has 2 nitrogen and oxygen atoms in total. The van der Waals surface area contributed by atoms with Crippen LogP contribution in [0.15, 0.2) is 24.3 Å². The lowest BCUT2D eigenvalue weighted by Crippen LogP contribution is -2.00. The van der Waals surface area contributed by atoms with Crippen molar-refractivity contribution in [2.75, 3.05) is 12.8 Å². The van der Waals surface area contributed by atoms with Crippen molar-refractivity contribution in [2.24, 2.45) is 0 Å². The first-order valence-electron chi connectivity index (χ1n) is 6.38. The topological polar surface area (TPSA) is 26.3 Å². The molecule has 0 unspecified atom stereocenters. The molecule has 17 heavy (non-hydrogen) atoms. The van der Waals surface area contributed by atoms with Crippen molar-refractivity contribution in [1.82, 2.24) is 0 Å². The van der Waals surface area contributed by atoms with Crippen molar-refractivity contribution >= 4 is 8.46 Å². The summed E-state index contributed by atoms with van der Waals surface area (Å²) >= 11 is 0. The first-order chi connectivity index (χ1) is 8.38. The molecule has 0 aliphatic heterocycles. The zero-order valence-electron chi connectivity index (χ0n) is 10.5. The normalized spacial score (nSPS) is 10.6. The van der Waals surface area contributed by atoms with Crippen LogP contribution in [-0.2, 0) is 11.0 Å². The fourth-order valence-electron chi connectivity index (χ4n) is 1.68. The minimum atomic E-state index is 0.242. The Kier molecular flexibility index (Phi) is 7.66. The van der Waals surface area contributed by atoms with Gasteiger partial charge in [-0.25, -0.2) is 0 Å². The Labute approximate surface area is 106 Å². The molecule has 0 saturated carbocycles. The number of hydrogen-bond donors (Lipinski definition) is 0. The van der Waals surface area contributed by atoms with Crippen LogP contribution in [0.3, 0.4) is 0 Å². The van der Waals surface area contributed by atoms with Crippen LogP contribution >= 0.6 is 8.46 Å². The summed E-state index contributed by atoms with van der Waals surface area (Å²) in [6.07, 6.45) is 6.17. The second-order valence-electron chi connectivity index (χ2n) is 4.12. The molecule has 0 heterocycles. The van der Waals surface area contributed by atoms with Crippen LogP contribution in [0.2, 0.25) is 0 Å². The van der Waals surface area contributed by atoms with Gasteiger partial charge in [0.15, 0.2) is 8.46 Å². The van der Waals surface area contributed by atoms with E-state index >= 15 is 0 Å². The fraction of sp³-hybridized carbons (Fsp3) is 0.571. The molecule has 0 spiro atoms. The van der Waals surface area contributed by atoms with Gasteiger partial charge in [-0.2, -0.15) is 0 Å². The number of aryl methyl sites for hydroxylation is 1. The summed E-state index contributed by atoms with van der Waals surface area (Å²) in [5.41, 5.74) is 1.30. The van der Waals surface area contributed by atoms with Crippen LogP contribution < -0.4 is 4.74 Å². The van der Waals surface area contributed by atoms with Gasteiger partial charge in [-0.3, -0.25) is 4.57 Å². The third kappa shape index (κ3) is 5.83. The maximum atomic E-state index is 10.3. The Hall–Kier alpha value is -0.880. The lowest BCUT2D eigenvalue weighted by molar-refractivity contribution is 0.306. The van der Waals surface area contributed by atoms with Gasteiger partial charge in [-0.05, 0) is 37.3 Å². The molecule has 0 aliphatic rings. The van der Waals surface area contributed by atoms with Crippen LogP contribution in [0.5, 0.6) is 5.75 Å². The van der Waals surface area contributed by atoms with E-state index in [-0.39, 0.29) is 8.46 Å². The molecule has 0 bridgehead atoms. The van der Waals surface area contributed by atoms with Gasteiger partial charge in [0, 0.05) is 6.16 Å². The minimum Gasteiger partial charge on any atom is -0.493 e. The number of benzene rings is 1. The Morgan fingerprint density at radius 3 is 2.76 bits per heavy atom. The first-order valence-corrected chi connectivity index (χ1v) is 7.38. The quantitative estimate of drug-likeness (QED) is 0.478. The number of rotatable bonds is 9. The van der Waals surface area contributed by atoms with E-state index in [0.717, 1.165) is 37.8 Å². The van der Waals surface area contributed by atoms with Gasteiger partial charge in [0.05, 0.1) is 6.61 Å². The van der Waals surface area contributed by atoms with E-state index in [1.165, 1.54) is 18.4 Å². The van der Waals surface area contributed by atoms with E-state index < -0.39 is 0 Å². The Bertz CT molecular complexity index is 326. The predicted octanol–water partition coefficient (Wildman–Crippen LogP) is 4.48. The summed E-state index contributed by atoms with van der Waals surface area (Å²) in [6.45, 7) is 2.92. The standard InChI is InChI=1S/C14H21O2P/c1-2-3-8-13-9-4-5-10-14(13)16-11-6-7-12-17-15/h4-5,9-10H,2-3,6-8,11-12H2,1H3. The summed E-state index contributed by atoms with van der Waals surface area (Å²) < 4.78 is 16.0. The van der Waals surface area contributed by atoms with E-state index in [1.807, 2.05) is 12.1 Å². The highest BCUT2D eigenvalue weighted by Crippen LogP contribution is 2.20. The van der Waals surface area contributed by atoms with Crippen molar-refractivity contribution < 1.29 is 9.30 Å². The van der Waals surface area contributed by atoms with Crippen LogP contribution in [0, 0.1) is 0 Å². The van der Waals surface area contributed by atoms with Crippen molar-refractivity contribution in [1.29, 1.82) is 0 Å². The summed E-state index contributed by atoms with van der Waals surface area (Å²) in [5, 5.41) is 0. The van der Waals surface area contributed by atoms with Crippen LogP contribution in [0.1, 0.15) is 38.2 Å². The highest BCUT2D eigenvalue weighted by atomic mass is 31.1. The molecule has 0 fully saturated rings. The second kappa shape index (κ2) is 9.18. The average molecular weight is 252 g/mol. The molecule has 3 heteroatoms. The molecular formula is C14H21O2P. The fourth-order valence-corrected chi connectivity index (χ4v) is 2.03. The Morgan fingerprint density at radius 1 is 1.18 bits per heavy atom. The largest absolute Gasteiger partial charge is 0.493 e. The lowest BCUT2D eigenvalue weighted by atomic mass is 10.1. The molecule has 0 aliphatic carbocycles. The second-order valence-corrected chi connectivity index (χ2v) is 4.82. The third-order valence-electron chi connectivity index (χ3n) is 2.67. The van der Waals surface area contributed by atoms with Gasteiger partial charge < -0.3 is 4.74 Å². The molecule has 0 N–H and O–H groups in total. The average Bonchev–Trinajstić information content (AvgIpc) is 2.37. The smallest absolute Gasteiger partial charge is 0.155 e. The SMILES string of the molecule is CCCCc1ccccc1OCCCCP=O. The third-order valence-corrected chi connectivity index (χ3v) is 3.17. The van der Waals surface area contributed by atoms with E-state index in [4.69, 9.17) is 4.74 Å². The molecule has 0 aromatic heterocycles. The van der Waals surface area contributed by atoms with Crippen LogP contribution in [0.25, 0.3) is 0 Å². The maximum absolute atomic E-state index is 10.3. The number of ether oxygens (including phenoxy) is 1. The highest BCUT2D eigenvalue weighted by Gasteiger charge is 2.01. The van der Waals surface area contributed by atoms with Crippen LogP contribution in [-0.4, -0.2) is 12.8 Å². The number of para-hydroxylation sites is 1. The monoisotopic (exact) mass is 252 g/mol. The van der Waals surface area contributed by atoms with E-state index in [9.17, 15) is 4.57 Å². The van der Waals surface area contributed by atoms with Crippen LogP contribution in [0.4, 0.5) is 0 Å². The van der Waals surface area contributed by atoms with Gasteiger partial charge >= 0.3 is 0 Å². The zero-order chi connectivity index (χ0) is 12.3. The summed E-state index contributed by atoms with van der Waals surface area (Å²) in [6, 6.07) is 8.26. The molecule has 1 rings (SSSR count). The van der Waals surface area contributed by atoms with Gasteiger partial charge in [-0.15, -0.1) is 0 Å².